The number of phenolic OH excluding ortho intramolecular Hbond substituents is 1. The summed E-state index contributed by atoms with van der Waals surface area (Å²) in [5.74, 6) is 1.76. The number of fused-ring (bicyclic) bond motifs is 1. The number of aryl methyl sites for hydroxylation is 1. The van der Waals surface area contributed by atoms with Gasteiger partial charge in [0.15, 0.2) is 0 Å². The van der Waals surface area contributed by atoms with Gasteiger partial charge in [-0.25, -0.2) is 0 Å². The van der Waals surface area contributed by atoms with Crippen molar-refractivity contribution < 1.29 is 9.84 Å². The third-order valence-corrected chi connectivity index (χ3v) is 2.99. The van der Waals surface area contributed by atoms with E-state index in [1.54, 1.807) is 12.3 Å². The number of aromatic hydroxyl groups is 1. The monoisotopic (exact) mass is 251 g/mol. The standard InChI is InChI=1S/C16H13NO2/c1-11-9-13-14(10-15(11)18)17-8-7-16(13)19-12-5-3-2-4-6-12/h2-10,18H,1H3. The lowest BCUT2D eigenvalue weighted by molar-refractivity contribution is 0.471. The first-order chi connectivity index (χ1) is 9.24. The minimum atomic E-state index is 0.247. The average Bonchev–Trinajstić information content (AvgIpc) is 2.42. The molecule has 0 bridgehead atoms. The van der Waals surface area contributed by atoms with E-state index in [4.69, 9.17) is 4.74 Å². The van der Waals surface area contributed by atoms with Crippen LogP contribution in [0.3, 0.4) is 0 Å². The Hall–Kier alpha value is -2.55. The summed E-state index contributed by atoms with van der Waals surface area (Å²) < 4.78 is 5.86. The second-order valence-corrected chi connectivity index (χ2v) is 4.38. The van der Waals surface area contributed by atoms with Crippen LogP contribution in [-0.4, -0.2) is 10.1 Å². The Morgan fingerprint density at radius 3 is 2.63 bits per heavy atom. The first-order valence-corrected chi connectivity index (χ1v) is 6.05. The van der Waals surface area contributed by atoms with Crippen LogP contribution in [0.25, 0.3) is 10.9 Å². The van der Waals surface area contributed by atoms with E-state index in [9.17, 15) is 5.11 Å². The van der Waals surface area contributed by atoms with Gasteiger partial charge in [0.25, 0.3) is 0 Å². The van der Waals surface area contributed by atoms with Crippen molar-refractivity contribution in [3.05, 3.63) is 60.3 Å². The van der Waals surface area contributed by atoms with Crippen molar-refractivity contribution >= 4 is 10.9 Å². The number of hydrogen-bond donors (Lipinski definition) is 1. The Morgan fingerprint density at radius 1 is 1.05 bits per heavy atom. The molecule has 0 spiro atoms. The topological polar surface area (TPSA) is 42.4 Å². The molecular formula is C16H13NO2. The molecule has 1 N–H and O–H groups in total. The molecule has 0 amide bonds. The zero-order valence-corrected chi connectivity index (χ0v) is 10.5. The number of pyridine rings is 1. The summed E-state index contributed by atoms with van der Waals surface area (Å²) in [6.45, 7) is 1.86. The number of phenols is 1. The van der Waals surface area contributed by atoms with Crippen LogP contribution in [0.2, 0.25) is 0 Å². The molecule has 2 aromatic carbocycles. The van der Waals surface area contributed by atoms with E-state index in [0.717, 1.165) is 28.0 Å². The summed E-state index contributed by atoms with van der Waals surface area (Å²) in [4.78, 5) is 4.25. The first-order valence-electron chi connectivity index (χ1n) is 6.05. The van der Waals surface area contributed by atoms with Gasteiger partial charge in [0.2, 0.25) is 0 Å². The molecule has 0 radical (unpaired) electrons. The number of benzene rings is 2. The summed E-state index contributed by atoms with van der Waals surface area (Å²) in [5.41, 5.74) is 1.52. The molecule has 3 nitrogen and oxygen atoms in total. The predicted molar refractivity (Wildman–Crippen MR) is 74.7 cm³/mol. The van der Waals surface area contributed by atoms with Crippen molar-refractivity contribution in [2.45, 2.75) is 6.92 Å². The van der Waals surface area contributed by atoms with Gasteiger partial charge in [-0.3, -0.25) is 4.98 Å². The van der Waals surface area contributed by atoms with Crippen LogP contribution in [0.15, 0.2) is 54.7 Å². The molecule has 3 rings (SSSR count). The third kappa shape index (κ3) is 2.22. The minimum absolute atomic E-state index is 0.247. The van der Waals surface area contributed by atoms with Crippen LogP contribution in [0, 0.1) is 6.92 Å². The highest BCUT2D eigenvalue weighted by molar-refractivity contribution is 5.87. The smallest absolute Gasteiger partial charge is 0.138 e. The van der Waals surface area contributed by atoms with Gasteiger partial charge in [-0.1, -0.05) is 18.2 Å². The van der Waals surface area contributed by atoms with Gasteiger partial charge >= 0.3 is 0 Å². The summed E-state index contributed by atoms with van der Waals surface area (Å²) >= 11 is 0. The zero-order chi connectivity index (χ0) is 13.2. The molecular weight excluding hydrogens is 238 g/mol. The Bertz CT molecular complexity index is 723. The molecule has 0 atom stereocenters. The van der Waals surface area contributed by atoms with Gasteiger partial charge in [0.05, 0.1) is 5.52 Å². The summed E-state index contributed by atoms with van der Waals surface area (Å²) in [6, 6.07) is 15.0. The molecule has 0 aliphatic carbocycles. The van der Waals surface area contributed by atoms with Crippen molar-refractivity contribution in [2.75, 3.05) is 0 Å². The number of para-hydroxylation sites is 1. The maximum absolute atomic E-state index is 9.72. The Morgan fingerprint density at radius 2 is 1.84 bits per heavy atom. The lowest BCUT2D eigenvalue weighted by Crippen LogP contribution is -1.88. The van der Waals surface area contributed by atoms with Gasteiger partial charge in [-0.2, -0.15) is 0 Å². The van der Waals surface area contributed by atoms with Crippen molar-refractivity contribution in [1.82, 2.24) is 4.98 Å². The highest BCUT2D eigenvalue weighted by Crippen LogP contribution is 2.32. The lowest BCUT2D eigenvalue weighted by Gasteiger charge is -2.09. The maximum atomic E-state index is 9.72. The zero-order valence-electron chi connectivity index (χ0n) is 10.5. The van der Waals surface area contributed by atoms with Gasteiger partial charge in [0.1, 0.15) is 17.2 Å². The Kier molecular flexibility index (Phi) is 2.80. The minimum Gasteiger partial charge on any atom is -0.508 e. The molecule has 94 valence electrons. The van der Waals surface area contributed by atoms with E-state index in [0.29, 0.717) is 0 Å². The van der Waals surface area contributed by atoms with Gasteiger partial charge in [0, 0.05) is 17.6 Å². The summed E-state index contributed by atoms with van der Waals surface area (Å²) in [6.07, 6.45) is 1.68. The largest absolute Gasteiger partial charge is 0.508 e. The molecule has 0 unspecified atom stereocenters. The van der Waals surface area contributed by atoms with E-state index < -0.39 is 0 Å². The van der Waals surface area contributed by atoms with E-state index in [-0.39, 0.29) is 5.75 Å². The molecule has 19 heavy (non-hydrogen) atoms. The highest BCUT2D eigenvalue weighted by Gasteiger charge is 2.07. The normalized spacial score (nSPS) is 10.6. The van der Waals surface area contributed by atoms with Crippen molar-refractivity contribution in [3.63, 3.8) is 0 Å². The van der Waals surface area contributed by atoms with Crippen molar-refractivity contribution in [2.24, 2.45) is 0 Å². The summed E-state index contributed by atoms with van der Waals surface area (Å²) in [7, 11) is 0. The molecule has 1 heterocycles. The fourth-order valence-electron chi connectivity index (χ4n) is 1.97. The molecule has 0 saturated heterocycles. The quantitative estimate of drug-likeness (QED) is 0.747. The molecule has 0 fully saturated rings. The van der Waals surface area contributed by atoms with Gasteiger partial charge in [-0.05, 0) is 36.8 Å². The van der Waals surface area contributed by atoms with Crippen molar-refractivity contribution in [3.8, 4) is 17.2 Å². The molecule has 3 aromatic rings. The van der Waals surface area contributed by atoms with E-state index in [2.05, 4.69) is 4.98 Å². The average molecular weight is 251 g/mol. The molecule has 0 aliphatic heterocycles. The van der Waals surface area contributed by atoms with Crippen LogP contribution in [0.4, 0.5) is 0 Å². The van der Waals surface area contributed by atoms with E-state index >= 15 is 0 Å². The van der Waals surface area contributed by atoms with Gasteiger partial charge in [-0.15, -0.1) is 0 Å². The van der Waals surface area contributed by atoms with E-state index in [1.807, 2.05) is 49.4 Å². The second-order valence-electron chi connectivity index (χ2n) is 4.38. The maximum Gasteiger partial charge on any atom is 0.138 e. The highest BCUT2D eigenvalue weighted by atomic mass is 16.5. The molecule has 0 saturated carbocycles. The number of nitrogens with zero attached hydrogens (tertiary/aromatic N) is 1. The molecule has 3 heteroatoms. The number of ether oxygens (including phenoxy) is 1. The molecule has 0 aliphatic rings. The SMILES string of the molecule is Cc1cc2c(Oc3ccccc3)ccnc2cc1O. The molecule has 1 aromatic heterocycles. The number of rotatable bonds is 2. The summed E-state index contributed by atoms with van der Waals surface area (Å²) in [5, 5.41) is 10.6. The van der Waals surface area contributed by atoms with Crippen LogP contribution >= 0.6 is 0 Å². The second kappa shape index (κ2) is 4.61. The lowest BCUT2D eigenvalue weighted by atomic mass is 10.1. The van der Waals surface area contributed by atoms with Crippen LogP contribution < -0.4 is 4.74 Å². The van der Waals surface area contributed by atoms with Crippen LogP contribution in [0.1, 0.15) is 5.56 Å². The number of aromatic nitrogens is 1. The van der Waals surface area contributed by atoms with E-state index in [1.165, 1.54) is 0 Å². The Balaban J connectivity index is 2.11. The Labute approximate surface area is 111 Å². The number of hydrogen-bond acceptors (Lipinski definition) is 3. The van der Waals surface area contributed by atoms with Crippen LogP contribution in [0.5, 0.6) is 17.2 Å². The van der Waals surface area contributed by atoms with Crippen molar-refractivity contribution in [1.29, 1.82) is 0 Å². The fourth-order valence-corrected chi connectivity index (χ4v) is 1.97. The fraction of sp³-hybridized carbons (Fsp3) is 0.0625. The predicted octanol–water partition coefficient (Wildman–Crippen LogP) is 4.04. The van der Waals surface area contributed by atoms with Gasteiger partial charge < -0.3 is 9.84 Å². The van der Waals surface area contributed by atoms with Crippen LogP contribution in [-0.2, 0) is 0 Å². The first kappa shape index (κ1) is 11.5. The third-order valence-electron chi connectivity index (χ3n) is 2.99.